The summed E-state index contributed by atoms with van der Waals surface area (Å²) in [4.78, 5) is 12.5. The summed E-state index contributed by atoms with van der Waals surface area (Å²) in [6.45, 7) is 10.7. The number of carbonyl (C=O) groups is 1. The smallest absolute Gasteiger partial charge is 0.338 e. The van der Waals surface area contributed by atoms with Gasteiger partial charge in [0, 0.05) is 5.92 Å². The molecule has 0 N–H and O–H groups in total. The topological polar surface area (TPSA) is 35.5 Å². The second-order valence-electron chi connectivity index (χ2n) is 7.69. The highest BCUT2D eigenvalue weighted by Gasteiger charge is 2.43. The van der Waals surface area contributed by atoms with E-state index >= 15 is 0 Å². The van der Waals surface area contributed by atoms with Crippen molar-refractivity contribution < 1.29 is 14.3 Å². The summed E-state index contributed by atoms with van der Waals surface area (Å²) in [5.74, 6) is 0.466. The molecule has 0 aromatic heterocycles. The molecule has 1 aliphatic carbocycles. The van der Waals surface area contributed by atoms with Crippen molar-refractivity contribution in [2.45, 2.75) is 58.3 Å². The first-order valence-electron chi connectivity index (χ1n) is 9.23. The predicted octanol–water partition coefficient (Wildman–Crippen LogP) is 4.94. The SMILES string of the molecule is C=C1C2CCC(C)=C[C@H]2O[C@@H]1[C@H](CC(C)C)OC(=O)c1ccccc1. The van der Waals surface area contributed by atoms with Gasteiger partial charge < -0.3 is 9.47 Å². The van der Waals surface area contributed by atoms with E-state index in [1.54, 1.807) is 12.1 Å². The Morgan fingerprint density at radius 2 is 2.04 bits per heavy atom. The normalized spacial score (nSPS) is 27.0. The molecule has 0 radical (unpaired) electrons. The highest BCUT2D eigenvalue weighted by Crippen LogP contribution is 2.42. The van der Waals surface area contributed by atoms with E-state index in [1.807, 2.05) is 18.2 Å². The molecule has 4 atom stereocenters. The van der Waals surface area contributed by atoms with E-state index in [4.69, 9.17) is 9.47 Å². The van der Waals surface area contributed by atoms with Crippen LogP contribution in [-0.2, 0) is 9.47 Å². The lowest BCUT2D eigenvalue weighted by atomic mass is 9.82. The largest absolute Gasteiger partial charge is 0.456 e. The van der Waals surface area contributed by atoms with E-state index in [-0.39, 0.29) is 24.3 Å². The minimum Gasteiger partial charge on any atom is -0.456 e. The Morgan fingerprint density at radius 1 is 1.32 bits per heavy atom. The van der Waals surface area contributed by atoms with Crippen molar-refractivity contribution in [3.05, 3.63) is 59.7 Å². The van der Waals surface area contributed by atoms with Crippen LogP contribution in [0.1, 0.15) is 50.4 Å². The molecule has 1 aromatic rings. The fourth-order valence-electron chi connectivity index (χ4n) is 3.83. The van der Waals surface area contributed by atoms with Crippen LogP contribution in [0.5, 0.6) is 0 Å². The third-order valence-corrected chi connectivity index (χ3v) is 5.15. The molecule has 0 bridgehead atoms. The number of rotatable bonds is 5. The maximum Gasteiger partial charge on any atom is 0.338 e. The molecule has 1 fully saturated rings. The Kier molecular flexibility index (Phi) is 5.43. The van der Waals surface area contributed by atoms with E-state index in [0.29, 0.717) is 17.4 Å². The number of carbonyl (C=O) groups excluding carboxylic acids is 1. The Balaban J connectivity index is 1.77. The molecule has 3 heteroatoms. The van der Waals surface area contributed by atoms with Gasteiger partial charge >= 0.3 is 5.97 Å². The van der Waals surface area contributed by atoms with E-state index in [9.17, 15) is 4.79 Å². The molecule has 1 aromatic carbocycles. The van der Waals surface area contributed by atoms with E-state index in [0.717, 1.165) is 24.8 Å². The monoisotopic (exact) mass is 340 g/mol. The number of esters is 1. The molecule has 1 aliphatic heterocycles. The molecule has 3 nitrogen and oxygen atoms in total. The molecular weight excluding hydrogens is 312 g/mol. The van der Waals surface area contributed by atoms with Crippen LogP contribution in [0.25, 0.3) is 0 Å². The van der Waals surface area contributed by atoms with E-state index in [2.05, 4.69) is 33.4 Å². The van der Waals surface area contributed by atoms with Crippen molar-refractivity contribution in [2.75, 3.05) is 0 Å². The average molecular weight is 340 g/mol. The lowest BCUT2D eigenvalue weighted by molar-refractivity contribution is -0.0418. The molecule has 1 heterocycles. The summed E-state index contributed by atoms with van der Waals surface area (Å²) in [6, 6.07) is 9.15. The van der Waals surface area contributed by atoms with Gasteiger partial charge in [0.2, 0.25) is 0 Å². The van der Waals surface area contributed by atoms with Crippen LogP contribution in [0.4, 0.5) is 0 Å². The van der Waals surface area contributed by atoms with Gasteiger partial charge in [0.05, 0.1) is 11.7 Å². The highest BCUT2D eigenvalue weighted by atomic mass is 16.6. The molecule has 25 heavy (non-hydrogen) atoms. The predicted molar refractivity (Wildman–Crippen MR) is 99.4 cm³/mol. The number of allylic oxidation sites excluding steroid dienone is 1. The Bertz CT molecular complexity index is 659. The van der Waals surface area contributed by atoms with Crippen LogP contribution in [0.3, 0.4) is 0 Å². The average Bonchev–Trinajstić information content (AvgIpc) is 2.90. The molecule has 1 unspecified atom stereocenters. The van der Waals surface area contributed by atoms with Crippen LogP contribution in [0, 0.1) is 11.8 Å². The highest BCUT2D eigenvalue weighted by molar-refractivity contribution is 5.89. The third-order valence-electron chi connectivity index (χ3n) is 5.15. The summed E-state index contributed by atoms with van der Waals surface area (Å²) in [5.41, 5.74) is 3.03. The van der Waals surface area contributed by atoms with Crippen LogP contribution >= 0.6 is 0 Å². The first-order chi connectivity index (χ1) is 12.0. The van der Waals surface area contributed by atoms with Crippen LogP contribution in [0.15, 0.2) is 54.1 Å². The van der Waals surface area contributed by atoms with Crippen molar-refractivity contribution in [2.24, 2.45) is 11.8 Å². The number of hydrogen-bond acceptors (Lipinski definition) is 3. The van der Waals surface area contributed by atoms with Crippen molar-refractivity contribution >= 4 is 5.97 Å². The van der Waals surface area contributed by atoms with Gasteiger partial charge in [-0.25, -0.2) is 4.79 Å². The Labute approximate surface area is 150 Å². The number of hydrogen-bond donors (Lipinski definition) is 0. The molecule has 0 saturated carbocycles. The van der Waals surface area contributed by atoms with Crippen molar-refractivity contribution in [3.8, 4) is 0 Å². The number of ether oxygens (including phenoxy) is 2. The number of benzene rings is 1. The molecule has 0 amide bonds. The Hall–Kier alpha value is -1.87. The zero-order valence-electron chi connectivity index (χ0n) is 15.4. The quantitative estimate of drug-likeness (QED) is 0.563. The fraction of sp³-hybridized carbons (Fsp3) is 0.500. The van der Waals surface area contributed by atoms with Gasteiger partial charge in [-0.3, -0.25) is 0 Å². The van der Waals surface area contributed by atoms with Crippen LogP contribution in [-0.4, -0.2) is 24.3 Å². The number of fused-ring (bicyclic) bond motifs is 1. The van der Waals surface area contributed by atoms with Crippen molar-refractivity contribution in [1.82, 2.24) is 0 Å². The van der Waals surface area contributed by atoms with Gasteiger partial charge in [-0.2, -0.15) is 0 Å². The summed E-state index contributed by atoms with van der Waals surface area (Å²) in [6.07, 6.45) is 4.72. The second kappa shape index (κ2) is 7.57. The van der Waals surface area contributed by atoms with Gasteiger partial charge in [-0.05, 0) is 49.8 Å². The van der Waals surface area contributed by atoms with Crippen LogP contribution in [0.2, 0.25) is 0 Å². The van der Waals surface area contributed by atoms with E-state index < -0.39 is 0 Å². The van der Waals surface area contributed by atoms with Crippen molar-refractivity contribution in [3.63, 3.8) is 0 Å². The lowest BCUT2D eigenvalue weighted by Gasteiger charge is -2.26. The summed E-state index contributed by atoms with van der Waals surface area (Å²) >= 11 is 0. The summed E-state index contributed by atoms with van der Waals surface area (Å²) < 4.78 is 12.2. The maximum atomic E-state index is 12.5. The Morgan fingerprint density at radius 3 is 2.72 bits per heavy atom. The molecule has 1 saturated heterocycles. The van der Waals surface area contributed by atoms with E-state index in [1.165, 1.54) is 5.57 Å². The van der Waals surface area contributed by atoms with Gasteiger partial charge in [-0.15, -0.1) is 0 Å². The lowest BCUT2D eigenvalue weighted by Crippen LogP contribution is -2.33. The minimum atomic E-state index is -0.292. The van der Waals surface area contributed by atoms with Crippen LogP contribution < -0.4 is 0 Å². The van der Waals surface area contributed by atoms with Gasteiger partial charge in [0.1, 0.15) is 12.2 Å². The minimum absolute atomic E-state index is 0.0799. The first kappa shape index (κ1) is 17.9. The maximum absolute atomic E-state index is 12.5. The van der Waals surface area contributed by atoms with Crippen molar-refractivity contribution in [1.29, 1.82) is 0 Å². The molecular formula is C22H28O3. The summed E-state index contributed by atoms with van der Waals surface area (Å²) in [7, 11) is 0. The van der Waals surface area contributed by atoms with Gasteiger partial charge in [0.25, 0.3) is 0 Å². The third kappa shape index (κ3) is 4.04. The standard InChI is InChI=1S/C22H28O3/c1-14(2)12-20(25-22(23)17-8-6-5-7-9-17)21-16(4)18-11-10-15(3)13-19(18)24-21/h5-9,13-14,18-21H,4,10-12H2,1-3H3/t18?,19-,20+,21+/m1/s1. The zero-order chi connectivity index (χ0) is 18.0. The fourth-order valence-corrected chi connectivity index (χ4v) is 3.83. The first-order valence-corrected chi connectivity index (χ1v) is 9.23. The van der Waals surface area contributed by atoms with Gasteiger partial charge in [0.15, 0.2) is 0 Å². The summed E-state index contributed by atoms with van der Waals surface area (Å²) in [5, 5.41) is 0. The van der Waals surface area contributed by atoms with Gasteiger partial charge in [-0.1, -0.05) is 50.3 Å². The molecule has 2 aliphatic rings. The zero-order valence-corrected chi connectivity index (χ0v) is 15.4. The molecule has 0 spiro atoms. The molecule has 134 valence electrons. The molecule has 3 rings (SSSR count). The second-order valence-corrected chi connectivity index (χ2v) is 7.69.